The SMILES string of the molecule is Brc1cccc2c1CCNC2(Cc1ccccc1)Cc1ccccc1. The molecular formula is C23H22BrN. The molecule has 1 N–H and O–H groups in total. The molecule has 3 aromatic rings. The van der Waals surface area contributed by atoms with E-state index in [0.717, 1.165) is 25.8 Å². The fraction of sp³-hybridized carbons (Fsp3) is 0.217. The minimum absolute atomic E-state index is 0.0694. The van der Waals surface area contributed by atoms with Gasteiger partial charge in [-0.15, -0.1) is 0 Å². The Morgan fingerprint density at radius 1 is 0.760 bits per heavy atom. The maximum atomic E-state index is 3.89. The maximum Gasteiger partial charge on any atom is 0.0519 e. The highest BCUT2D eigenvalue weighted by molar-refractivity contribution is 9.10. The minimum atomic E-state index is -0.0694. The molecule has 3 aromatic carbocycles. The van der Waals surface area contributed by atoms with E-state index in [2.05, 4.69) is 100 Å². The number of nitrogens with one attached hydrogen (secondary N) is 1. The predicted octanol–water partition coefficient (Wildman–Crippen LogP) is 5.28. The second-order valence-corrected chi connectivity index (χ2v) is 7.70. The number of benzene rings is 3. The molecule has 2 heteroatoms. The summed E-state index contributed by atoms with van der Waals surface area (Å²) in [5.74, 6) is 0. The zero-order chi connectivity index (χ0) is 17.1. The molecule has 1 nitrogen and oxygen atoms in total. The first-order valence-electron chi connectivity index (χ1n) is 8.88. The van der Waals surface area contributed by atoms with Crippen molar-refractivity contribution in [2.24, 2.45) is 0 Å². The lowest BCUT2D eigenvalue weighted by Gasteiger charge is -2.41. The second-order valence-electron chi connectivity index (χ2n) is 6.85. The Balaban J connectivity index is 1.81. The Morgan fingerprint density at radius 2 is 1.36 bits per heavy atom. The molecule has 0 spiro atoms. The molecule has 0 aromatic heterocycles. The van der Waals surface area contributed by atoms with E-state index in [0.29, 0.717) is 0 Å². The summed E-state index contributed by atoms with van der Waals surface area (Å²) in [6, 6.07) is 28.3. The lowest BCUT2D eigenvalue weighted by molar-refractivity contribution is 0.309. The lowest BCUT2D eigenvalue weighted by Crippen LogP contribution is -2.50. The second kappa shape index (κ2) is 7.15. The van der Waals surface area contributed by atoms with Crippen molar-refractivity contribution in [2.75, 3.05) is 6.54 Å². The van der Waals surface area contributed by atoms with Crippen molar-refractivity contribution in [3.63, 3.8) is 0 Å². The molecule has 0 saturated carbocycles. The van der Waals surface area contributed by atoms with Gasteiger partial charge in [0.15, 0.2) is 0 Å². The molecule has 0 bridgehead atoms. The normalized spacial score (nSPS) is 15.6. The molecule has 25 heavy (non-hydrogen) atoms. The van der Waals surface area contributed by atoms with Gasteiger partial charge in [-0.25, -0.2) is 0 Å². The van der Waals surface area contributed by atoms with Crippen LogP contribution >= 0.6 is 15.9 Å². The molecule has 4 rings (SSSR count). The molecule has 0 saturated heterocycles. The van der Waals surface area contributed by atoms with Crippen LogP contribution in [0.25, 0.3) is 0 Å². The standard InChI is InChI=1S/C23H22BrN/c24-22-13-7-12-21-20(22)14-15-25-23(21,16-18-8-3-1-4-9-18)17-19-10-5-2-6-11-19/h1-13,25H,14-17H2. The summed E-state index contributed by atoms with van der Waals surface area (Å²) < 4.78 is 1.23. The minimum Gasteiger partial charge on any atom is -0.306 e. The van der Waals surface area contributed by atoms with Crippen molar-refractivity contribution < 1.29 is 0 Å². The first-order valence-corrected chi connectivity index (χ1v) is 9.67. The van der Waals surface area contributed by atoms with E-state index < -0.39 is 0 Å². The van der Waals surface area contributed by atoms with Crippen LogP contribution < -0.4 is 5.32 Å². The molecule has 0 amide bonds. The van der Waals surface area contributed by atoms with Gasteiger partial charge in [-0.05, 0) is 47.6 Å². The van der Waals surface area contributed by atoms with Crippen molar-refractivity contribution >= 4 is 15.9 Å². The van der Waals surface area contributed by atoms with Crippen LogP contribution in [0.1, 0.15) is 22.3 Å². The van der Waals surface area contributed by atoms with Gasteiger partial charge in [-0.2, -0.15) is 0 Å². The summed E-state index contributed by atoms with van der Waals surface area (Å²) in [5, 5.41) is 3.89. The largest absolute Gasteiger partial charge is 0.306 e. The molecule has 0 radical (unpaired) electrons. The molecule has 1 aliphatic rings. The van der Waals surface area contributed by atoms with Gasteiger partial charge in [-0.3, -0.25) is 0 Å². The summed E-state index contributed by atoms with van der Waals surface area (Å²) in [7, 11) is 0. The fourth-order valence-electron chi connectivity index (χ4n) is 4.05. The molecule has 0 fully saturated rings. The Labute approximate surface area is 158 Å². The number of hydrogen-bond acceptors (Lipinski definition) is 1. The van der Waals surface area contributed by atoms with Gasteiger partial charge in [0.1, 0.15) is 0 Å². The number of fused-ring (bicyclic) bond motifs is 1. The van der Waals surface area contributed by atoms with Gasteiger partial charge in [-0.1, -0.05) is 88.7 Å². The van der Waals surface area contributed by atoms with Crippen molar-refractivity contribution in [1.82, 2.24) is 5.32 Å². The average Bonchev–Trinajstić information content (AvgIpc) is 2.64. The summed E-state index contributed by atoms with van der Waals surface area (Å²) >= 11 is 3.78. The number of hydrogen-bond donors (Lipinski definition) is 1. The molecule has 0 unspecified atom stereocenters. The first-order chi connectivity index (χ1) is 12.3. The third-order valence-electron chi connectivity index (χ3n) is 5.17. The van der Waals surface area contributed by atoms with E-state index >= 15 is 0 Å². The van der Waals surface area contributed by atoms with Crippen molar-refractivity contribution in [3.8, 4) is 0 Å². The van der Waals surface area contributed by atoms with Crippen LogP contribution in [0.4, 0.5) is 0 Å². The lowest BCUT2D eigenvalue weighted by atomic mass is 9.74. The van der Waals surface area contributed by atoms with E-state index in [4.69, 9.17) is 0 Å². The van der Waals surface area contributed by atoms with Crippen LogP contribution in [0.3, 0.4) is 0 Å². The van der Waals surface area contributed by atoms with E-state index in [1.54, 1.807) is 0 Å². The number of halogens is 1. The van der Waals surface area contributed by atoms with Crippen LogP contribution in [0, 0.1) is 0 Å². The summed E-state index contributed by atoms with van der Waals surface area (Å²) in [6.45, 7) is 1.01. The quantitative estimate of drug-likeness (QED) is 0.638. The Bertz CT molecular complexity index is 801. The summed E-state index contributed by atoms with van der Waals surface area (Å²) in [6.07, 6.45) is 3.06. The monoisotopic (exact) mass is 391 g/mol. The van der Waals surface area contributed by atoms with E-state index in [1.165, 1.54) is 26.7 Å². The van der Waals surface area contributed by atoms with Crippen molar-refractivity contribution in [2.45, 2.75) is 24.8 Å². The highest BCUT2D eigenvalue weighted by Gasteiger charge is 2.37. The smallest absolute Gasteiger partial charge is 0.0519 e. The van der Waals surface area contributed by atoms with Crippen molar-refractivity contribution in [3.05, 3.63) is 106 Å². The van der Waals surface area contributed by atoms with Gasteiger partial charge >= 0.3 is 0 Å². The molecule has 0 aliphatic carbocycles. The summed E-state index contributed by atoms with van der Waals surface area (Å²) in [4.78, 5) is 0. The molecule has 126 valence electrons. The Hall–Kier alpha value is -1.90. The summed E-state index contributed by atoms with van der Waals surface area (Å²) in [5.41, 5.74) is 5.56. The molecule has 1 heterocycles. The van der Waals surface area contributed by atoms with Crippen molar-refractivity contribution in [1.29, 1.82) is 0 Å². The van der Waals surface area contributed by atoms with Crippen LogP contribution in [0.2, 0.25) is 0 Å². The van der Waals surface area contributed by atoms with Gasteiger partial charge < -0.3 is 5.32 Å². The third-order valence-corrected chi connectivity index (χ3v) is 5.91. The zero-order valence-corrected chi connectivity index (χ0v) is 15.8. The first kappa shape index (κ1) is 16.6. The molecular weight excluding hydrogens is 370 g/mol. The van der Waals surface area contributed by atoms with Crippen LogP contribution in [-0.2, 0) is 24.8 Å². The average molecular weight is 392 g/mol. The maximum absolute atomic E-state index is 3.89. The van der Waals surface area contributed by atoms with Gasteiger partial charge in [0, 0.05) is 11.0 Å². The van der Waals surface area contributed by atoms with E-state index in [1.807, 2.05) is 0 Å². The fourth-order valence-corrected chi connectivity index (χ4v) is 4.61. The highest BCUT2D eigenvalue weighted by atomic mass is 79.9. The molecule has 0 atom stereocenters. The Morgan fingerprint density at radius 3 is 1.96 bits per heavy atom. The zero-order valence-electron chi connectivity index (χ0n) is 14.2. The molecule has 1 aliphatic heterocycles. The van der Waals surface area contributed by atoms with Gasteiger partial charge in [0.25, 0.3) is 0 Å². The van der Waals surface area contributed by atoms with E-state index in [9.17, 15) is 0 Å². The topological polar surface area (TPSA) is 12.0 Å². The van der Waals surface area contributed by atoms with Crippen LogP contribution in [-0.4, -0.2) is 6.54 Å². The van der Waals surface area contributed by atoms with Crippen LogP contribution in [0.5, 0.6) is 0 Å². The highest BCUT2D eigenvalue weighted by Crippen LogP contribution is 2.37. The Kier molecular flexibility index (Phi) is 4.74. The van der Waals surface area contributed by atoms with E-state index in [-0.39, 0.29) is 5.54 Å². The van der Waals surface area contributed by atoms with Crippen LogP contribution in [0.15, 0.2) is 83.3 Å². The van der Waals surface area contributed by atoms with Gasteiger partial charge in [0.05, 0.1) is 5.54 Å². The van der Waals surface area contributed by atoms with Gasteiger partial charge in [0.2, 0.25) is 0 Å². The number of rotatable bonds is 4. The third kappa shape index (κ3) is 3.42. The predicted molar refractivity (Wildman–Crippen MR) is 108 cm³/mol.